The lowest BCUT2D eigenvalue weighted by Crippen LogP contribution is -2.17. The fourth-order valence-electron chi connectivity index (χ4n) is 2.60. The Balaban J connectivity index is 1.88. The minimum atomic E-state index is -3.58. The molecule has 1 heterocycles. The third-order valence-corrected chi connectivity index (χ3v) is 5.92. The summed E-state index contributed by atoms with van der Waals surface area (Å²) in [7, 11) is -0.554. The Bertz CT molecular complexity index is 1140. The van der Waals surface area contributed by atoms with E-state index in [9.17, 15) is 13.2 Å². The molecule has 3 rings (SSSR count). The summed E-state index contributed by atoms with van der Waals surface area (Å²) in [6.45, 7) is 1.51. The van der Waals surface area contributed by atoms with E-state index in [1.807, 2.05) is 0 Å². The number of hydrogen-bond acceptors (Lipinski definition) is 8. The molecule has 0 aliphatic heterocycles. The van der Waals surface area contributed by atoms with Gasteiger partial charge in [0.05, 0.1) is 36.0 Å². The first kappa shape index (κ1) is 20.3. The molecule has 0 saturated heterocycles. The summed E-state index contributed by atoms with van der Waals surface area (Å²) in [5, 5.41) is 10.2. The molecule has 10 heteroatoms. The van der Waals surface area contributed by atoms with Crippen molar-refractivity contribution < 1.29 is 27.1 Å². The van der Waals surface area contributed by atoms with Crippen LogP contribution in [0.25, 0.3) is 11.5 Å². The van der Waals surface area contributed by atoms with E-state index in [2.05, 4.69) is 15.5 Å². The molecule has 2 aromatic carbocycles. The number of rotatable bonds is 7. The molecule has 0 unspecified atom stereocenters. The Morgan fingerprint density at radius 1 is 1.10 bits per heavy atom. The third-order valence-electron chi connectivity index (χ3n) is 4.13. The molecule has 0 bridgehead atoms. The van der Waals surface area contributed by atoms with Gasteiger partial charge in [0, 0.05) is 6.07 Å². The molecule has 0 atom stereocenters. The van der Waals surface area contributed by atoms with E-state index >= 15 is 0 Å². The minimum absolute atomic E-state index is 0.00359. The molecule has 0 fully saturated rings. The van der Waals surface area contributed by atoms with E-state index in [4.69, 9.17) is 13.9 Å². The molecule has 0 aliphatic rings. The molecule has 1 amide bonds. The Hall–Kier alpha value is -3.40. The molecule has 29 heavy (non-hydrogen) atoms. The van der Waals surface area contributed by atoms with Crippen molar-refractivity contribution in [2.24, 2.45) is 0 Å². The van der Waals surface area contributed by atoms with Crippen LogP contribution in [0.5, 0.6) is 11.5 Å². The number of nitrogens with zero attached hydrogens (tertiary/aromatic N) is 2. The Labute approximate surface area is 167 Å². The van der Waals surface area contributed by atoms with Gasteiger partial charge in [0.1, 0.15) is 11.5 Å². The van der Waals surface area contributed by atoms with Gasteiger partial charge in [0.2, 0.25) is 0 Å². The molecule has 9 nitrogen and oxygen atoms in total. The smallest absolute Gasteiger partial charge is 0.322 e. The second-order valence-electron chi connectivity index (χ2n) is 5.83. The van der Waals surface area contributed by atoms with Crippen molar-refractivity contribution in [3.63, 3.8) is 0 Å². The van der Waals surface area contributed by atoms with Gasteiger partial charge in [-0.25, -0.2) is 8.42 Å². The number of anilines is 1. The van der Waals surface area contributed by atoms with Gasteiger partial charge in [0.25, 0.3) is 11.8 Å². The molecule has 3 aromatic rings. The van der Waals surface area contributed by atoms with Gasteiger partial charge in [-0.15, -0.1) is 5.10 Å². The average molecular weight is 417 g/mol. The summed E-state index contributed by atoms with van der Waals surface area (Å²) in [4.78, 5) is 12.5. The molecule has 152 valence electrons. The molecule has 1 N–H and O–H groups in total. The van der Waals surface area contributed by atoms with Crippen LogP contribution < -0.4 is 14.8 Å². The first-order valence-corrected chi connectivity index (χ1v) is 10.2. The Kier molecular flexibility index (Phi) is 5.83. The Morgan fingerprint density at radius 3 is 2.55 bits per heavy atom. The lowest BCUT2D eigenvalue weighted by Gasteiger charge is -2.08. The lowest BCUT2D eigenvalue weighted by atomic mass is 10.2. The molecular formula is C19H19N3O6S. The third kappa shape index (κ3) is 4.21. The van der Waals surface area contributed by atoms with Crippen molar-refractivity contribution in [2.75, 3.05) is 25.3 Å². The van der Waals surface area contributed by atoms with Crippen LogP contribution in [-0.4, -0.2) is 44.5 Å². The zero-order valence-electron chi connectivity index (χ0n) is 16.0. The highest BCUT2D eigenvalue weighted by Gasteiger charge is 2.22. The number of hydrogen-bond donors (Lipinski definition) is 1. The van der Waals surface area contributed by atoms with Crippen molar-refractivity contribution in [3.05, 3.63) is 48.0 Å². The second-order valence-corrected chi connectivity index (χ2v) is 8.08. The van der Waals surface area contributed by atoms with E-state index < -0.39 is 15.7 Å². The maximum Gasteiger partial charge on any atom is 0.322 e. The van der Waals surface area contributed by atoms with Crippen LogP contribution in [0.15, 0.2) is 51.8 Å². The van der Waals surface area contributed by atoms with E-state index in [0.717, 1.165) is 0 Å². The van der Waals surface area contributed by atoms with Crippen LogP contribution in [0.4, 0.5) is 6.01 Å². The van der Waals surface area contributed by atoms with Crippen molar-refractivity contribution in [2.45, 2.75) is 11.8 Å². The molecule has 1 aromatic heterocycles. The number of aromatic nitrogens is 2. The average Bonchev–Trinajstić information content (AvgIpc) is 3.21. The summed E-state index contributed by atoms with van der Waals surface area (Å²) < 4.78 is 40.4. The number of carbonyl (C=O) groups is 1. The summed E-state index contributed by atoms with van der Waals surface area (Å²) in [5.41, 5.74) is 0.506. The van der Waals surface area contributed by atoms with Crippen molar-refractivity contribution >= 4 is 21.8 Å². The fraction of sp³-hybridized carbons (Fsp3) is 0.211. The highest BCUT2D eigenvalue weighted by Crippen LogP contribution is 2.33. The van der Waals surface area contributed by atoms with Crippen LogP contribution >= 0.6 is 0 Å². The van der Waals surface area contributed by atoms with Crippen LogP contribution in [-0.2, 0) is 9.84 Å². The molecular weight excluding hydrogens is 398 g/mol. The molecule has 0 radical (unpaired) electrons. The number of ether oxygens (including phenoxy) is 2. The Morgan fingerprint density at radius 2 is 1.86 bits per heavy atom. The number of benzene rings is 2. The van der Waals surface area contributed by atoms with E-state index in [1.54, 1.807) is 30.3 Å². The van der Waals surface area contributed by atoms with Crippen molar-refractivity contribution in [1.29, 1.82) is 0 Å². The van der Waals surface area contributed by atoms with Gasteiger partial charge in [-0.1, -0.05) is 24.2 Å². The van der Waals surface area contributed by atoms with Crippen LogP contribution in [0.1, 0.15) is 17.3 Å². The molecule has 0 spiro atoms. The highest BCUT2D eigenvalue weighted by atomic mass is 32.2. The summed E-state index contributed by atoms with van der Waals surface area (Å²) in [5.74, 6) is 0.362. The standard InChI is InChI=1S/C19H19N3O6S/c1-4-29(24,25)16-8-6-5-7-14(16)17(23)20-19-22-21-18(28-19)13-10-9-12(26-2)11-15(13)27-3/h5-11H,4H2,1-3H3,(H,20,22,23). The fourth-order valence-corrected chi connectivity index (χ4v) is 3.70. The van der Waals surface area contributed by atoms with E-state index in [1.165, 1.54) is 33.3 Å². The topological polar surface area (TPSA) is 121 Å². The summed E-state index contributed by atoms with van der Waals surface area (Å²) >= 11 is 0. The minimum Gasteiger partial charge on any atom is -0.497 e. The first-order chi connectivity index (χ1) is 13.9. The molecule has 0 saturated carbocycles. The van der Waals surface area contributed by atoms with Crippen molar-refractivity contribution in [3.8, 4) is 23.0 Å². The maximum atomic E-state index is 12.6. The second kappa shape index (κ2) is 8.31. The zero-order chi connectivity index (χ0) is 21.0. The number of carbonyl (C=O) groups excluding carboxylic acids is 1. The van der Waals surface area contributed by atoms with Gasteiger partial charge >= 0.3 is 6.01 Å². The van der Waals surface area contributed by atoms with E-state index in [-0.39, 0.29) is 28.1 Å². The normalized spacial score (nSPS) is 11.1. The number of nitrogens with one attached hydrogen (secondary N) is 1. The molecule has 0 aliphatic carbocycles. The quantitative estimate of drug-likeness (QED) is 0.623. The predicted molar refractivity (Wildman–Crippen MR) is 105 cm³/mol. The van der Waals surface area contributed by atoms with Crippen LogP contribution in [0, 0.1) is 0 Å². The van der Waals surface area contributed by atoms with Gasteiger partial charge in [-0.05, 0) is 24.3 Å². The zero-order valence-corrected chi connectivity index (χ0v) is 16.8. The predicted octanol–water partition coefficient (Wildman–Crippen LogP) is 2.80. The first-order valence-electron chi connectivity index (χ1n) is 8.58. The summed E-state index contributed by atoms with van der Waals surface area (Å²) in [6.07, 6.45) is 0. The van der Waals surface area contributed by atoms with E-state index in [0.29, 0.717) is 17.1 Å². The van der Waals surface area contributed by atoms with Crippen LogP contribution in [0.2, 0.25) is 0 Å². The van der Waals surface area contributed by atoms with Crippen molar-refractivity contribution in [1.82, 2.24) is 10.2 Å². The largest absolute Gasteiger partial charge is 0.497 e. The number of amides is 1. The van der Waals surface area contributed by atoms with Gasteiger partial charge < -0.3 is 13.9 Å². The van der Waals surface area contributed by atoms with Gasteiger partial charge in [-0.3, -0.25) is 10.1 Å². The SMILES string of the molecule is CCS(=O)(=O)c1ccccc1C(=O)Nc1nnc(-c2ccc(OC)cc2OC)o1. The number of sulfone groups is 1. The number of methoxy groups -OCH3 is 2. The monoisotopic (exact) mass is 417 g/mol. The van der Waals surface area contributed by atoms with Crippen LogP contribution in [0.3, 0.4) is 0 Å². The highest BCUT2D eigenvalue weighted by molar-refractivity contribution is 7.91. The van der Waals surface area contributed by atoms with Gasteiger partial charge in [-0.2, -0.15) is 0 Å². The summed E-state index contributed by atoms with van der Waals surface area (Å²) in [6, 6.07) is 10.8. The van der Waals surface area contributed by atoms with Gasteiger partial charge in [0.15, 0.2) is 9.84 Å². The maximum absolute atomic E-state index is 12.6. The lowest BCUT2D eigenvalue weighted by molar-refractivity contribution is 0.102.